The van der Waals surface area contributed by atoms with Gasteiger partial charge in [-0.25, -0.2) is 9.67 Å². The predicted molar refractivity (Wildman–Crippen MR) is 111 cm³/mol. The molecule has 2 heterocycles. The Bertz CT molecular complexity index is 1150. The van der Waals surface area contributed by atoms with Crippen molar-refractivity contribution in [2.75, 3.05) is 6.61 Å². The number of hydrogen-bond acceptors (Lipinski definition) is 6. The SMILES string of the molecule is O=C(NSc1cccc(O)c1)c1ccc(-n2ccc(OCC3(C(F)(F)F)CC3)n2)nc1Cl. The summed E-state index contributed by atoms with van der Waals surface area (Å²) in [6.45, 7) is -0.488. The highest BCUT2D eigenvalue weighted by Crippen LogP contribution is 2.57. The van der Waals surface area contributed by atoms with Crippen LogP contribution in [0.5, 0.6) is 11.6 Å². The van der Waals surface area contributed by atoms with Gasteiger partial charge in [-0.15, -0.1) is 5.10 Å². The molecule has 12 heteroatoms. The quantitative estimate of drug-likeness (QED) is 0.370. The lowest BCUT2D eigenvalue weighted by Crippen LogP contribution is -2.30. The maximum atomic E-state index is 13.0. The molecule has 0 radical (unpaired) electrons. The first-order valence-electron chi connectivity index (χ1n) is 9.35. The lowest BCUT2D eigenvalue weighted by atomic mass is 10.1. The van der Waals surface area contributed by atoms with Gasteiger partial charge in [0.1, 0.15) is 22.9 Å². The number of carbonyl (C=O) groups is 1. The first-order valence-corrected chi connectivity index (χ1v) is 10.5. The molecule has 2 N–H and O–H groups in total. The van der Waals surface area contributed by atoms with Gasteiger partial charge in [0.05, 0.1) is 5.56 Å². The summed E-state index contributed by atoms with van der Waals surface area (Å²) in [6.07, 6.45) is -2.75. The zero-order valence-corrected chi connectivity index (χ0v) is 17.8. The molecule has 1 fully saturated rings. The molecule has 0 atom stereocenters. The van der Waals surface area contributed by atoms with E-state index in [2.05, 4.69) is 14.8 Å². The minimum absolute atomic E-state index is 0.0304. The molecule has 7 nitrogen and oxygen atoms in total. The second-order valence-electron chi connectivity index (χ2n) is 7.20. The molecule has 0 unspecified atom stereocenters. The zero-order chi connectivity index (χ0) is 22.9. The third kappa shape index (κ3) is 4.78. The number of aromatic nitrogens is 3. The molecule has 1 amide bonds. The molecule has 4 rings (SSSR count). The maximum Gasteiger partial charge on any atom is 0.397 e. The second kappa shape index (κ2) is 8.55. The van der Waals surface area contributed by atoms with Crippen molar-refractivity contribution < 1.29 is 27.8 Å². The smallest absolute Gasteiger partial charge is 0.397 e. The standard InChI is InChI=1S/C20H16ClF3N4O3S/c21-17-14(18(30)27-32-13-3-1-2-12(29)10-13)4-5-15(25-17)28-9-6-16(26-28)31-11-19(7-8-19)20(22,23)24/h1-6,9-10,29H,7-8,11H2,(H,27,30). The van der Waals surface area contributed by atoms with E-state index in [0.717, 1.165) is 11.9 Å². The van der Waals surface area contributed by atoms with Crippen molar-refractivity contribution in [3.8, 4) is 17.4 Å². The first-order chi connectivity index (χ1) is 15.2. The minimum Gasteiger partial charge on any atom is -0.508 e. The molecule has 32 heavy (non-hydrogen) atoms. The van der Waals surface area contributed by atoms with Crippen LogP contribution in [-0.4, -0.2) is 38.6 Å². The van der Waals surface area contributed by atoms with E-state index in [1.807, 2.05) is 0 Å². The van der Waals surface area contributed by atoms with Crippen molar-refractivity contribution in [2.24, 2.45) is 5.41 Å². The average molecular weight is 485 g/mol. The fraction of sp³-hybridized carbons (Fsp3) is 0.250. The summed E-state index contributed by atoms with van der Waals surface area (Å²) in [4.78, 5) is 17.1. The van der Waals surface area contributed by atoms with Crippen molar-refractivity contribution in [3.63, 3.8) is 0 Å². The molecule has 1 aromatic carbocycles. The number of rotatable bonds is 7. The molecule has 0 saturated heterocycles. The van der Waals surface area contributed by atoms with E-state index in [0.29, 0.717) is 4.90 Å². The van der Waals surface area contributed by atoms with Crippen molar-refractivity contribution in [1.82, 2.24) is 19.5 Å². The molecule has 1 aliphatic carbocycles. The van der Waals surface area contributed by atoms with Gasteiger partial charge in [-0.05, 0) is 55.1 Å². The van der Waals surface area contributed by atoms with E-state index in [1.165, 1.54) is 41.2 Å². The molecule has 0 spiro atoms. The highest BCUT2D eigenvalue weighted by Gasteiger charge is 2.64. The average Bonchev–Trinajstić information content (AvgIpc) is 3.41. The van der Waals surface area contributed by atoms with Gasteiger partial charge >= 0.3 is 6.18 Å². The van der Waals surface area contributed by atoms with Crippen LogP contribution in [-0.2, 0) is 0 Å². The molecular weight excluding hydrogens is 469 g/mol. The number of halogens is 4. The van der Waals surface area contributed by atoms with Crippen LogP contribution in [0, 0.1) is 5.41 Å². The molecule has 168 valence electrons. The number of aromatic hydroxyl groups is 1. The third-order valence-electron chi connectivity index (χ3n) is 4.91. The summed E-state index contributed by atoms with van der Waals surface area (Å²) in [7, 11) is 0. The summed E-state index contributed by atoms with van der Waals surface area (Å²) in [5.74, 6) is -0.128. The summed E-state index contributed by atoms with van der Waals surface area (Å²) < 4.78 is 48.2. The normalized spacial score (nSPS) is 14.8. The number of nitrogens with one attached hydrogen (secondary N) is 1. The molecule has 1 aliphatic rings. The van der Waals surface area contributed by atoms with E-state index in [9.17, 15) is 23.1 Å². The van der Waals surface area contributed by atoms with E-state index >= 15 is 0 Å². The Hall–Kier alpha value is -2.92. The lowest BCUT2D eigenvalue weighted by Gasteiger charge is -2.18. The number of phenolic OH excluding ortho intramolecular Hbond substituents is 1. The predicted octanol–water partition coefficient (Wildman–Crippen LogP) is 4.78. The van der Waals surface area contributed by atoms with Crippen LogP contribution in [0.1, 0.15) is 23.2 Å². The van der Waals surface area contributed by atoms with Gasteiger partial charge in [0.25, 0.3) is 5.91 Å². The van der Waals surface area contributed by atoms with Crippen LogP contribution in [0.25, 0.3) is 5.82 Å². The maximum absolute atomic E-state index is 13.0. The highest BCUT2D eigenvalue weighted by molar-refractivity contribution is 7.98. The number of ether oxygens (including phenoxy) is 1. The summed E-state index contributed by atoms with van der Waals surface area (Å²) in [6, 6.07) is 10.7. The van der Waals surface area contributed by atoms with E-state index in [1.54, 1.807) is 12.1 Å². The molecule has 1 saturated carbocycles. The number of amides is 1. The van der Waals surface area contributed by atoms with Gasteiger partial charge in [0, 0.05) is 17.2 Å². The minimum atomic E-state index is -4.31. The Kier molecular flexibility index (Phi) is 5.95. The van der Waals surface area contributed by atoms with Gasteiger partial charge in [-0.1, -0.05) is 17.7 Å². The fourth-order valence-electron chi connectivity index (χ4n) is 2.81. The lowest BCUT2D eigenvalue weighted by molar-refractivity contribution is -0.194. The van der Waals surface area contributed by atoms with Crippen LogP contribution >= 0.6 is 23.5 Å². The van der Waals surface area contributed by atoms with Crippen molar-refractivity contribution in [1.29, 1.82) is 0 Å². The first kappa shape index (κ1) is 22.3. The zero-order valence-electron chi connectivity index (χ0n) is 16.3. The highest BCUT2D eigenvalue weighted by atomic mass is 35.5. The number of nitrogens with zero attached hydrogens (tertiary/aromatic N) is 3. The van der Waals surface area contributed by atoms with Gasteiger partial charge in [0.2, 0.25) is 5.88 Å². The summed E-state index contributed by atoms with van der Waals surface area (Å²) >= 11 is 7.15. The Labute approximate surface area is 189 Å². The number of pyridine rings is 1. The molecule has 0 bridgehead atoms. The van der Waals surface area contributed by atoms with E-state index in [-0.39, 0.29) is 41.0 Å². The van der Waals surface area contributed by atoms with Crippen LogP contribution < -0.4 is 9.46 Å². The van der Waals surface area contributed by atoms with Gasteiger partial charge in [-0.3, -0.25) is 9.52 Å². The topological polar surface area (TPSA) is 89.3 Å². The van der Waals surface area contributed by atoms with Gasteiger partial charge in [0.15, 0.2) is 5.82 Å². The Morgan fingerprint density at radius 2 is 2.06 bits per heavy atom. The van der Waals surface area contributed by atoms with Crippen LogP contribution in [0.15, 0.2) is 53.6 Å². The molecule has 2 aromatic heterocycles. The largest absolute Gasteiger partial charge is 0.508 e. The molecule has 3 aromatic rings. The Balaban J connectivity index is 1.39. The van der Waals surface area contributed by atoms with Gasteiger partial charge < -0.3 is 9.84 Å². The van der Waals surface area contributed by atoms with E-state index in [4.69, 9.17) is 16.3 Å². The number of phenols is 1. The third-order valence-corrected chi connectivity index (χ3v) is 5.97. The number of benzene rings is 1. The van der Waals surface area contributed by atoms with Crippen molar-refractivity contribution in [3.05, 3.63) is 59.4 Å². The number of hydrogen-bond donors (Lipinski definition) is 2. The molecular formula is C20H16ClF3N4O3S. The number of carbonyl (C=O) groups excluding carboxylic acids is 1. The molecule has 0 aliphatic heterocycles. The van der Waals surface area contributed by atoms with E-state index < -0.39 is 24.1 Å². The van der Waals surface area contributed by atoms with Crippen molar-refractivity contribution in [2.45, 2.75) is 23.9 Å². The fourth-order valence-corrected chi connectivity index (χ4v) is 3.70. The van der Waals surface area contributed by atoms with Gasteiger partial charge in [-0.2, -0.15) is 13.2 Å². The summed E-state index contributed by atoms with van der Waals surface area (Å²) in [5.41, 5.74) is -1.67. The second-order valence-corrected chi connectivity index (χ2v) is 8.44. The summed E-state index contributed by atoms with van der Waals surface area (Å²) in [5, 5.41) is 13.5. The van der Waals surface area contributed by atoms with Crippen molar-refractivity contribution >= 4 is 29.5 Å². The van der Waals surface area contributed by atoms with Crippen LogP contribution in [0.3, 0.4) is 0 Å². The van der Waals surface area contributed by atoms with Crippen LogP contribution in [0.2, 0.25) is 5.15 Å². The Morgan fingerprint density at radius 3 is 2.72 bits per heavy atom. The number of alkyl halides is 3. The Morgan fingerprint density at radius 1 is 1.28 bits per heavy atom. The monoisotopic (exact) mass is 484 g/mol. The van der Waals surface area contributed by atoms with Crippen LogP contribution in [0.4, 0.5) is 13.2 Å².